The van der Waals surface area contributed by atoms with Gasteiger partial charge in [-0.1, -0.05) is 60.7 Å². The third kappa shape index (κ3) is 5.90. The van der Waals surface area contributed by atoms with Gasteiger partial charge in [0.2, 0.25) is 5.91 Å². The summed E-state index contributed by atoms with van der Waals surface area (Å²) in [6, 6.07) is 28.5. The normalized spacial score (nSPS) is 14.7. The topological polar surface area (TPSA) is 55.9 Å². The van der Waals surface area contributed by atoms with Gasteiger partial charge in [-0.15, -0.1) is 0 Å². The van der Waals surface area contributed by atoms with Gasteiger partial charge in [-0.05, 0) is 35.4 Å². The zero-order chi connectivity index (χ0) is 23.9. The first kappa shape index (κ1) is 23.7. The molecule has 3 aromatic rings. The molecule has 6 heteroatoms. The average molecular weight is 457 g/mol. The van der Waals surface area contributed by atoms with Crippen molar-refractivity contribution in [3.05, 3.63) is 102 Å². The summed E-state index contributed by atoms with van der Waals surface area (Å²) < 4.78 is 0. The van der Waals surface area contributed by atoms with E-state index in [0.29, 0.717) is 17.8 Å². The Morgan fingerprint density at radius 3 is 1.82 bits per heavy atom. The van der Waals surface area contributed by atoms with E-state index in [1.807, 2.05) is 0 Å². The molecule has 3 aromatic carbocycles. The van der Waals surface area contributed by atoms with E-state index in [-0.39, 0.29) is 17.9 Å². The van der Waals surface area contributed by atoms with Gasteiger partial charge in [-0.2, -0.15) is 0 Å². The summed E-state index contributed by atoms with van der Waals surface area (Å²) in [6.45, 7) is 3.81. The Labute approximate surface area is 201 Å². The molecule has 0 aliphatic carbocycles. The number of nitrogens with zero attached hydrogens (tertiary/aromatic N) is 3. The third-order valence-electron chi connectivity index (χ3n) is 6.19. The maximum Gasteiger partial charge on any atom is 0.253 e. The molecule has 0 bridgehead atoms. The van der Waals surface area contributed by atoms with E-state index in [1.54, 1.807) is 38.4 Å². The molecule has 0 atom stereocenters. The van der Waals surface area contributed by atoms with Crippen molar-refractivity contribution in [1.82, 2.24) is 14.7 Å². The number of anilines is 1. The van der Waals surface area contributed by atoms with Crippen LogP contribution in [-0.2, 0) is 4.79 Å². The second-order valence-electron chi connectivity index (χ2n) is 8.86. The van der Waals surface area contributed by atoms with E-state index in [4.69, 9.17) is 0 Å². The molecular weight excluding hydrogens is 424 g/mol. The summed E-state index contributed by atoms with van der Waals surface area (Å²) in [6.07, 6.45) is 0. The van der Waals surface area contributed by atoms with E-state index in [0.717, 1.165) is 26.2 Å². The summed E-state index contributed by atoms with van der Waals surface area (Å²) in [5.41, 5.74) is 3.88. The van der Waals surface area contributed by atoms with Crippen LogP contribution < -0.4 is 5.32 Å². The molecule has 176 valence electrons. The number of piperazine rings is 1. The SMILES string of the molecule is CN(C)C(=O)c1ccc(NC(=O)CN2CCN(C(c3ccccc3)c3ccccc3)CC2)cc1. The summed E-state index contributed by atoms with van der Waals surface area (Å²) >= 11 is 0. The van der Waals surface area contributed by atoms with Crippen LogP contribution in [0.25, 0.3) is 0 Å². The van der Waals surface area contributed by atoms with Gasteiger partial charge in [0.15, 0.2) is 0 Å². The molecule has 0 saturated carbocycles. The fourth-order valence-electron chi connectivity index (χ4n) is 4.42. The van der Waals surface area contributed by atoms with Crippen LogP contribution in [0, 0.1) is 0 Å². The Balaban J connectivity index is 1.33. The van der Waals surface area contributed by atoms with E-state index in [9.17, 15) is 9.59 Å². The molecule has 1 aliphatic rings. The molecule has 0 unspecified atom stereocenters. The van der Waals surface area contributed by atoms with Crippen LogP contribution in [0.2, 0.25) is 0 Å². The Bertz CT molecular complexity index is 1040. The molecule has 2 amide bonds. The lowest BCUT2D eigenvalue weighted by molar-refractivity contribution is -0.117. The summed E-state index contributed by atoms with van der Waals surface area (Å²) in [7, 11) is 3.44. The molecule has 4 rings (SSSR count). The molecule has 1 fully saturated rings. The Morgan fingerprint density at radius 1 is 0.794 bits per heavy atom. The number of hydrogen-bond donors (Lipinski definition) is 1. The molecule has 6 nitrogen and oxygen atoms in total. The molecule has 1 heterocycles. The number of rotatable bonds is 7. The van der Waals surface area contributed by atoms with Gasteiger partial charge in [-0.25, -0.2) is 0 Å². The highest BCUT2D eigenvalue weighted by molar-refractivity contribution is 5.96. The molecule has 1 N–H and O–H groups in total. The number of amides is 2. The molecular formula is C28H32N4O2. The number of carbonyl (C=O) groups is 2. The first-order chi connectivity index (χ1) is 16.5. The van der Waals surface area contributed by atoms with Crippen molar-refractivity contribution >= 4 is 17.5 Å². The highest BCUT2D eigenvalue weighted by atomic mass is 16.2. The van der Waals surface area contributed by atoms with E-state index >= 15 is 0 Å². The van der Waals surface area contributed by atoms with Crippen LogP contribution in [0.4, 0.5) is 5.69 Å². The van der Waals surface area contributed by atoms with Crippen LogP contribution in [0.1, 0.15) is 27.5 Å². The van der Waals surface area contributed by atoms with E-state index in [1.165, 1.54) is 16.0 Å². The highest BCUT2D eigenvalue weighted by Gasteiger charge is 2.27. The van der Waals surface area contributed by atoms with Crippen LogP contribution >= 0.6 is 0 Å². The maximum atomic E-state index is 12.6. The minimum atomic E-state index is -0.0555. The number of carbonyl (C=O) groups excluding carboxylic acids is 2. The summed E-state index contributed by atoms with van der Waals surface area (Å²) in [4.78, 5) is 30.9. The van der Waals surface area contributed by atoms with Gasteiger partial charge < -0.3 is 10.2 Å². The molecule has 34 heavy (non-hydrogen) atoms. The Morgan fingerprint density at radius 2 is 1.32 bits per heavy atom. The van der Waals surface area contributed by atoms with Gasteiger partial charge in [0, 0.05) is 51.5 Å². The van der Waals surface area contributed by atoms with Gasteiger partial charge in [0.25, 0.3) is 5.91 Å². The zero-order valence-corrected chi connectivity index (χ0v) is 19.9. The van der Waals surface area contributed by atoms with Crippen LogP contribution in [0.3, 0.4) is 0 Å². The summed E-state index contributed by atoms with van der Waals surface area (Å²) in [5.74, 6) is -0.0946. The van der Waals surface area contributed by atoms with Gasteiger partial charge in [0.1, 0.15) is 0 Å². The van der Waals surface area contributed by atoms with Gasteiger partial charge >= 0.3 is 0 Å². The van der Waals surface area contributed by atoms with Gasteiger partial charge in [0.05, 0.1) is 12.6 Å². The van der Waals surface area contributed by atoms with Crippen LogP contribution in [0.5, 0.6) is 0 Å². The highest BCUT2D eigenvalue weighted by Crippen LogP contribution is 2.29. The zero-order valence-electron chi connectivity index (χ0n) is 19.9. The number of benzene rings is 3. The predicted octanol–water partition coefficient (Wildman–Crippen LogP) is 3.73. The maximum absolute atomic E-state index is 12.6. The average Bonchev–Trinajstić information content (AvgIpc) is 2.86. The largest absolute Gasteiger partial charge is 0.345 e. The standard InChI is InChI=1S/C28H32N4O2/c1-30(2)28(34)24-13-15-25(16-14-24)29-26(33)21-31-17-19-32(20-18-31)27(22-9-5-3-6-10-22)23-11-7-4-8-12-23/h3-16,27H,17-21H2,1-2H3,(H,29,33). The van der Waals surface area contributed by atoms with Crippen LogP contribution in [0.15, 0.2) is 84.9 Å². The molecule has 1 aliphatic heterocycles. The lowest BCUT2D eigenvalue weighted by Crippen LogP contribution is -2.49. The minimum absolute atomic E-state index is 0.0391. The smallest absolute Gasteiger partial charge is 0.253 e. The lowest BCUT2D eigenvalue weighted by Gasteiger charge is -2.39. The van der Waals surface area contributed by atoms with Crippen molar-refractivity contribution in [2.75, 3.05) is 52.1 Å². The minimum Gasteiger partial charge on any atom is -0.345 e. The first-order valence-corrected chi connectivity index (χ1v) is 11.7. The summed E-state index contributed by atoms with van der Waals surface area (Å²) in [5, 5.41) is 2.95. The molecule has 0 aromatic heterocycles. The lowest BCUT2D eigenvalue weighted by atomic mass is 9.96. The van der Waals surface area contributed by atoms with E-state index < -0.39 is 0 Å². The van der Waals surface area contributed by atoms with Crippen molar-refractivity contribution in [2.24, 2.45) is 0 Å². The fraction of sp³-hybridized carbons (Fsp3) is 0.286. The third-order valence-corrected chi connectivity index (χ3v) is 6.19. The molecule has 0 radical (unpaired) electrons. The second kappa shape index (κ2) is 11.1. The number of hydrogen-bond acceptors (Lipinski definition) is 4. The predicted molar refractivity (Wildman–Crippen MR) is 136 cm³/mol. The second-order valence-corrected chi connectivity index (χ2v) is 8.86. The van der Waals surface area contributed by atoms with E-state index in [2.05, 4.69) is 75.8 Å². The van der Waals surface area contributed by atoms with Crippen molar-refractivity contribution < 1.29 is 9.59 Å². The number of nitrogens with one attached hydrogen (secondary N) is 1. The van der Waals surface area contributed by atoms with Crippen molar-refractivity contribution in [2.45, 2.75) is 6.04 Å². The fourth-order valence-corrected chi connectivity index (χ4v) is 4.42. The quantitative estimate of drug-likeness (QED) is 0.589. The molecule has 0 spiro atoms. The van der Waals surface area contributed by atoms with Crippen molar-refractivity contribution in [3.8, 4) is 0 Å². The van der Waals surface area contributed by atoms with Crippen LogP contribution in [-0.4, -0.2) is 73.3 Å². The van der Waals surface area contributed by atoms with Crippen molar-refractivity contribution in [1.29, 1.82) is 0 Å². The Kier molecular flexibility index (Phi) is 7.72. The van der Waals surface area contributed by atoms with Gasteiger partial charge in [-0.3, -0.25) is 19.4 Å². The molecule has 1 saturated heterocycles. The van der Waals surface area contributed by atoms with Crippen molar-refractivity contribution in [3.63, 3.8) is 0 Å². The Hall–Kier alpha value is -3.48. The first-order valence-electron chi connectivity index (χ1n) is 11.7. The monoisotopic (exact) mass is 456 g/mol.